The average Bonchev–Trinajstić information content (AvgIpc) is 2.86. The number of para-hydroxylation sites is 2. The lowest BCUT2D eigenvalue weighted by atomic mass is 10.2. The number of benzene rings is 1. The molecule has 0 saturated carbocycles. The molecule has 3 aromatic rings. The monoisotopic (exact) mass is 280 g/mol. The molecule has 21 heavy (non-hydrogen) atoms. The smallest absolute Gasteiger partial charge is 0.253 e. The van der Waals surface area contributed by atoms with Gasteiger partial charge in [0.15, 0.2) is 0 Å². The summed E-state index contributed by atoms with van der Waals surface area (Å²) in [6.45, 7) is 1.93. The zero-order valence-electron chi connectivity index (χ0n) is 11.9. The van der Waals surface area contributed by atoms with Crippen molar-refractivity contribution >= 4 is 16.9 Å². The third-order valence-electron chi connectivity index (χ3n) is 3.48. The van der Waals surface area contributed by atoms with Gasteiger partial charge in [0.2, 0.25) is 0 Å². The van der Waals surface area contributed by atoms with Crippen LogP contribution < -0.4 is 5.32 Å². The summed E-state index contributed by atoms with van der Waals surface area (Å²) in [7, 11) is 1.96. The molecule has 2 aromatic heterocycles. The highest BCUT2D eigenvalue weighted by Gasteiger charge is 2.17. The summed E-state index contributed by atoms with van der Waals surface area (Å²) in [6.07, 6.45) is 3.20. The van der Waals surface area contributed by atoms with Gasteiger partial charge in [-0.25, -0.2) is 4.98 Å². The second-order valence-electron chi connectivity index (χ2n) is 4.95. The van der Waals surface area contributed by atoms with Crippen molar-refractivity contribution in [3.63, 3.8) is 0 Å². The molecule has 106 valence electrons. The van der Waals surface area contributed by atoms with E-state index in [0.717, 1.165) is 16.9 Å². The highest BCUT2D eigenvalue weighted by atomic mass is 16.1. The van der Waals surface area contributed by atoms with E-state index < -0.39 is 0 Å². The van der Waals surface area contributed by atoms with Gasteiger partial charge in [-0.3, -0.25) is 9.78 Å². The zero-order valence-corrected chi connectivity index (χ0v) is 11.9. The lowest BCUT2D eigenvalue weighted by Crippen LogP contribution is -2.28. The Kier molecular flexibility index (Phi) is 3.39. The van der Waals surface area contributed by atoms with Crippen molar-refractivity contribution in [1.82, 2.24) is 19.9 Å². The zero-order chi connectivity index (χ0) is 14.8. The summed E-state index contributed by atoms with van der Waals surface area (Å²) < 4.78 is 2.00. The predicted octanol–water partition coefficient (Wildman–Crippen LogP) is 2.46. The molecule has 1 N–H and O–H groups in total. The van der Waals surface area contributed by atoms with Crippen molar-refractivity contribution in [3.05, 3.63) is 60.2 Å². The van der Waals surface area contributed by atoms with Crippen LogP contribution in [-0.2, 0) is 7.05 Å². The normalized spacial score (nSPS) is 12.3. The molecule has 0 saturated heterocycles. The highest BCUT2D eigenvalue weighted by Crippen LogP contribution is 2.19. The molecule has 5 nitrogen and oxygen atoms in total. The Labute approximate surface area is 122 Å². The fraction of sp³-hybridized carbons (Fsp3) is 0.188. The van der Waals surface area contributed by atoms with Gasteiger partial charge in [0.25, 0.3) is 5.91 Å². The number of nitrogens with zero attached hydrogens (tertiary/aromatic N) is 3. The minimum Gasteiger partial charge on any atom is -0.342 e. The van der Waals surface area contributed by atoms with Crippen LogP contribution in [0.25, 0.3) is 11.0 Å². The van der Waals surface area contributed by atoms with Gasteiger partial charge in [0.1, 0.15) is 5.82 Å². The van der Waals surface area contributed by atoms with Crippen LogP contribution in [0, 0.1) is 0 Å². The quantitative estimate of drug-likeness (QED) is 0.801. The Bertz CT molecular complexity index is 779. The van der Waals surface area contributed by atoms with Gasteiger partial charge >= 0.3 is 0 Å². The first-order valence-electron chi connectivity index (χ1n) is 6.79. The van der Waals surface area contributed by atoms with E-state index in [0.29, 0.717) is 5.56 Å². The van der Waals surface area contributed by atoms with Gasteiger partial charge in [0.05, 0.1) is 22.6 Å². The Hall–Kier alpha value is -2.69. The third kappa shape index (κ3) is 2.50. The Morgan fingerprint density at radius 2 is 2.05 bits per heavy atom. The molecule has 1 atom stereocenters. The molecule has 0 fully saturated rings. The number of aryl methyl sites for hydroxylation is 1. The van der Waals surface area contributed by atoms with Gasteiger partial charge in [-0.2, -0.15) is 0 Å². The molecule has 1 amide bonds. The molecule has 0 unspecified atom stereocenters. The summed E-state index contributed by atoms with van der Waals surface area (Å²) in [5.41, 5.74) is 2.52. The van der Waals surface area contributed by atoms with Gasteiger partial charge in [-0.1, -0.05) is 12.1 Å². The first-order chi connectivity index (χ1) is 10.2. The van der Waals surface area contributed by atoms with Gasteiger partial charge in [-0.15, -0.1) is 0 Å². The summed E-state index contributed by atoms with van der Waals surface area (Å²) in [6, 6.07) is 11.2. The first-order valence-corrected chi connectivity index (χ1v) is 6.79. The lowest BCUT2D eigenvalue weighted by molar-refractivity contribution is 0.0937. The topological polar surface area (TPSA) is 59.8 Å². The lowest BCUT2D eigenvalue weighted by Gasteiger charge is -2.13. The van der Waals surface area contributed by atoms with Gasteiger partial charge < -0.3 is 9.88 Å². The van der Waals surface area contributed by atoms with E-state index >= 15 is 0 Å². The second-order valence-corrected chi connectivity index (χ2v) is 4.95. The van der Waals surface area contributed by atoms with Crippen molar-refractivity contribution in [1.29, 1.82) is 0 Å². The van der Waals surface area contributed by atoms with Crippen LogP contribution in [0.4, 0.5) is 0 Å². The van der Waals surface area contributed by atoms with E-state index in [1.54, 1.807) is 24.5 Å². The largest absolute Gasteiger partial charge is 0.342 e. The number of aromatic nitrogens is 3. The van der Waals surface area contributed by atoms with E-state index in [4.69, 9.17) is 0 Å². The molecule has 0 aliphatic heterocycles. The maximum Gasteiger partial charge on any atom is 0.253 e. The number of rotatable bonds is 3. The molecule has 3 rings (SSSR count). The van der Waals surface area contributed by atoms with Crippen LogP contribution in [0.3, 0.4) is 0 Å². The number of carbonyl (C=O) groups excluding carboxylic acids is 1. The van der Waals surface area contributed by atoms with Crippen LogP contribution in [0.5, 0.6) is 0 Å². The highest BCUT2D eigenvalue weighted by molar-refractivity contribution is 5.94. The van der Waals surface area contributed by atoms with Crippen molar-refractivity contribution in [2.24, 2.45) is 7.05 Å². The van der Waals surface area contributed by atoms with Crippen molar-refractivity contribution in [2.45, 2.75) is 13.0 Å². The fourth-order valence-corrected chi connectivity index (χ4v) is 2.39. The Morgan fingerprint density at radius 1 is 1.24 bits per heavy atom. The number of nitrogens with one attached hydrogen (secondary N) is 1. The number of imidazole rings is 1. The minimum atomic E-state index is -0.185. The third-order valence-corrected chi connectivity index (χ3v) is 3.48. The number of pyridine rings is 1. The van der Waals surface area contributed by atoms with E-state index in [1.807, 2.05) is 42.8 Å². The molecule has 1 aromatic carbocycles. The number of hydrogen-bond acceptors (Lipinski definition) is 3. The molecular formula is C16H16N4O. The van der Waals surface area contributed by atoms with Crippen LogP contribution in [0.2, 0.25) is 0 Å². The van der Waals surface area contributed by atoms with E-state index in [-0.39, 0.29) is 11.9 Å². The van der Waals surface area contributed by atoms with Crippen LogP contribution in [-0.4, -0.2) is 20.4 Å². The summed E-state index contributed by atoms with van der Waals surface area (Å²) in [4.78, 5) is 20.7. The number of carbonyl (C=O) groups is 1. The molecule has 0 spiro atoms. The maximum absolute atomic E-state index is 12.2. The molecule has 0 aliphatic carbocycles. The summed E-state index contributed by atoms with van der Waals surface area (Å²) in [5.74, 6) is 0.677. The second kappa shape index (κ2) is 5.36. The predicted molar refractivity (Wildman–Crippen MR) is 80.8 cm³/mol. The molecule has 0 radical (unpaired) electrons. The van der Waals surface area contributed by atoms with Crippen LogP contribution >= 0.6 is 0 Å². The Morgan fingerprint density at radius 3 is 2.76 bits per heavy atom. The molecule has 5 heteroatoms. The Balaban J connectivity index is 1.86. The van der Waals surface area contributed by atoms with Crippen molar-refractivity contribution in [2.75, 3.05) is 0 Å². The molecular weight excluding hydrogens is 264 g/mol. The first kappa shape index (κ1) is 13.3. The molecule has 2 heterocycles. The standard InChI is InChI=1S/C16H16N4O/c1-11(18-16(21)12-6-5-9-17-10-12)15-19-13-7-3-4-8-14(13)20(15)2/h3-11H,1-2H3,(H,18,21)/t11-/m1/s1. The summed E-state index contributed by atoms with van der Waals surface area (Å²) in [5, 5.41) is 2.95. The maximum atomic E-state index is 12.2. The molecule has 0 bridgehead atoms. The number of amides is 1. The van der Waals surface area contributed by atoms with E-state index in [1.165, 1.54) is 0 Å². The SMILES string of the molecule is C[C@@H](NC(=O)c1cccnc1)c1nc2ccccc2n1C. The summed E-state index contributed by atoms with van der Waals surface area (Å²) >= 11 is 0. The van der Waals surface area contributed by atoms with Gasteiger partial charge in [0, 0.05) is 19.4 Å². The van der Waals surface area contributed by atoms with Crippen molar-refractivity contribution < 1.29 is 4.79 Å². The number of hydrogen-bond donors (Lipinski definition) is 1. The van der Waals surface area contributed by atoms with E-state index in [2.05, 4.69) is 15.3 Å². The number of fused-ring (bicyclic) bond motifs is 1. The van der Waals surface area contributed by atoms with Crippen molar-refractivity contribution in [3.8, 4) is 0 Å². The van der Waals surface area contributed by atoms with Crippen LogP contribution in [0.1, 0.15) is 29.1 Å². The van der Waals surface area contributed by atoms with E-state index in [9.17, 15) is 4.79 Å². The van der Waals surface area contributed by atoms with Gasteiger partial charge in [-0.05, 0) is 31.2 Å². The average molecular weight is 280 g/mol. The fourth-order valence-electron chi connectivity index (χ4n) is 2.39. The minimum absolute atomic E-state index is 0.150. The molecule has 0 aliphatic rings. The van der Waals surface area contributed by atoms with Crippen LogP contribution in [0.15, 0.2) is 48.8 Å².